The van der Waals surface area contributed by atoms with E-state index in [2.05, 4.69) is 41.0 Å². The maximum atomic E-state index is 5.95. The average molecular weight is 306 g/mol. The van der Waals surface area contributed by atoms with Crippen LogP contribution in [0, 0.1) is 5.92 Å². The zero-order chi connectivity index (χ0) is 15.1. The molecule has 0 aliphatic rings. The standard InChI is InChI=1S/C17H24ClN3/c1-3-19-13-15(6-9-17-20-10-11-21(17)2)12-14-4-7-16(18)8-5-14/h4-5,7-8,10-11,15,19H,3,6,9,12-13H2,1-2H3. The molecule has 1 aromatic heterocycles. The van der Waals surface area contributed by atoms with E-state index < -0.39 is 0 Å². The van der Waals surface area contributed by atoms with Gasteiger partial charge < -0.3 is 9.88 Å². The second-order valence-corrected chi connectivity index (χ2v) is 5.93. The fraction of sp³-hybridized carbons (Fsp3) is 0.471. The summed E-state index contributed by atoms with van der Waals surface area (Å²) >= 11 is 5.95. The number of halogens is 1. The minimum absolute atomic E-state index is 0.614. The summed E-state index contributed by atoms with van der Waals surface area (Å²) < 4.78 is 2.10. The van der Waals surface area contributed by atoms with E-state index in [-0.39, 0.29) is 0 Å². The van der Waals surface area contributed by atoms with Gasteiger partial charge in [0.05, 0.1) is 0 Å². The van der Waals surface area contributed by atoms with Crippen LogP contribution in [0.25, 0.3) is 0 Å². The summed E-state index contributed by atoms with van der Waals surface area (Å²) in [5.41, 5.74) is 1.35. The van der Waals surface area contributed by atoms with Gasteiger partial charge in [-0.1, -0.05) is 30.7 Å². The number of nitrogens with one attached hydrogen (secondary N) is 1. The zero-order valence-corrected chi connectivity index (χ0v) is 13.6. The van der Waals surface area contributed by atoms with E-state index in [1.54, 1.807) is 0 Å². The molecule has 2 aromatic rings. The van der Waals surface area contributed by atoms with Gasteiger partial charge in [0.15, 0.2) is 0 Å². The van der Waals surface area contributed by atoms with E-state index >= 15 is 0 Å². The summed E-state index contributed by atoms with van der Waals surface area (Å²) in [6, 6.07) is 8.20. The molecular formula is C17H24ClN3. The molecule has 1 aromatic carbocycles. The molecule has 114 valence electrons. The van der Waals surface area contributed by atoms with E-state index in [4.69, 9.17) is 11.6 Å². The van der Waals surface area contributed by atoms with E-state index in [1.807, 2.05) is 24.5 Å². The number of hydrogen-bond donors (Lipinski definition) is 1. The first-order valence-corrected chi connectivity index (χ1v) is 7.98. The van der Waals surface area contributed by atoms with Gasteiger partial charge in [0.1, 0.15) is 5.82 Å². The largest absolute Gasteiger partial charge is 0.338 e. The number of rotatable bonds is 8. The lowest BCUT2D eigenvalue weighted by molar-refractivity contribution is 0.443. The van der Waals surface area contributed by atoms with Crippen molar-refractivity contribution in [1.29, 1.82) is 0 Å². The van der Waals surface area contributed by atoms with Crippen LogP contribution in [-0.4, -0.2) is 22.6 Å². The monoisotopic (exact) mass is 305 g/mol. The highest BCUT2D eigenvalue weighted by molar-refractivity contribution is 6.30. The summed E-state index contributed by atoms with van der Waals surface area (Å²) in [7, 11) is 2.06. The Morgan fingerprint density at radius 3 is 2.67 bits per heavy atom. The Labute approximate surface area is 132 Å². The van der Waals surface area contributed by atoms with Crippen LogP contribution in [0.3, 0.4) is 0 Å². The summed E-state index contributed by atoms with van der Waals surface area (Å²) in [4.78, 5) is 4.41. The van der Waals surface area contributed by atoms with Crippen LogP contribution in [0.2, 0.25) is 5.02 Å². The smallest absolute Gasteiger partial charge is 0.108 e. The van der Waals surface area contributed by atoms with E-state index in [0.29, 0.717) is 5.92 Å². The fourth-order valence-electron chi connectivity index (χ4n) is 2.55. The zero-order valence-electron chi connectivity index (χ0n) is 12.8. The first-order valence-electron chi connectivity index (χ1n) is 7.60. The quantitative estimate of drug-likeness (QED) is 0.809. The van der Waals surface area contributed by atoms with Crippen LogP contribution < -0.4 is 5.32 Å². The Morgan fingerprint density at radius 1 is 1.29 bits per heavy atom. The van der Waals surface area contributed by atoms with Crippen LogP contribution in [0.15, 0.2) is 36.7 Å². The molecule has 0 saturated heterocycles. The summed E-state index contributed by atoms with van der Waals surface area (Å²) in [5.74, 6) is 1.77. The molecule has 0 aliphatic carbocycles. The van der Waals surface area contributed by atoms with Gasteiger partial charge in [0.25, 0.3) is 0 Å². The van der Waals surface area contributed by atoms with Gasteiger partial charge in [0, 0.05) is 30.9 Å². The first kappa shape index (κ1) is 16.1. The maximum Gasteiger partial charge on any atom is 0.108 e. The highest BCUT2D eigenvalue weighted by atomic mass is 35.5. The summed E-state index contributed by atoms with van der Waals surface area (Å²) in [6.07, 6.45) is 7.11. The fourth-order valence-corrected chi connectivity index (χ4v) is 2.68. The number of nitrogens with zero attached hydrogens (tertiary/aromatic N) is 2. The van der Waals surface area contributed by atoms with Crippen LogP contribution in [0.4, 0.5) is 0 Å². The third-order valence-corrected chi connectivity index (χ3v) is 4.07. The third kappa shape index (κ3) is 5.18. The van der Waals surface area contributed by atoms with Crippen LogP contribution >= 0.6 is 11.6 Å². The molecule has 21 heavy (non-hydrogen) atoms. The number of imidazole rings is 1. The molecule has 3 nitrogen and oxygen atoms in total. The van der Waals surface area contributed by atoms with Crippen molar-refractivity contribution in [3.63, 3.8) is 0 Å². The molecule has 1 N–H and O–H groups in total. The Kier molecular flexibility index (Phi) is 6.27. The predicted molar refractivity (Wildman–Crippen MR) is 88.7 cm³/mol. The summed E-state index contributed by atoms with van der Waals surface area (Å²) in [6.45, 7) is 4.21. The Bertz CT molecular complexity index is 533. The van der Waals surface area contributed by atoms with E-state index in [0.717, 1.165) is 43.2 Å². The number of aromatic nitrogens is 2. The molecule has 0 amide bonds. The van der Waals surface area contributed by atoms with Crippen molar-refractivity contribution in [2.75, 3.05) is 13.1 Å². The minimum atomic E-state index is 0.614. The second kappa shape index (κ2) is 8.20. The van der Waals surface area contributed by atoms with Crippen molar-refractivity contribution >= 4 is 11.6 Å². The Morgan fingerprint density at radius 2 is 2.05 bits per heavy atom. The van der Waals surface area contributed by atoms with E-state index in [1.165, 1.54) is 5.56 Å². The lowest BCUT2D eigenvalue weighted by Crippen LogP contribution is -2.24. The number of aryl methyl sites for hydroxylation is 2. The van der Waals surface area contributed by atoms with Gasteiger partial charge in [-0.25, -0.2) is 4.98 Å². The normalized spacial score (nSPS) is 12.5. The number of hydrogen-bond acceptors (Lipinski definition) is 2. The molecule has 0 bridgehead atoms. The Balaban J connectivity index is 1.93. The highest BCUT2D eigenvalue weighted by Gasteiger charge is 2.11. The topological polar surface area (TPSA) is 29.9 Å². The third-order valence-electron chi connectivity index (χ3n) is 3.82. The molecule has 1 atom stereocenters. The Hall–Kier alpha value is -1.32. The molecule has 4 heteroatoms. The molecule has 2 rings (SSSR count). The van der Waals surface area contributed by atoms with Gasteiger partial charge in [-0.2, -0.15) is 0 Å². The molecule has 0 radical (unpaired) electrons. The molecule has 0 spiro atoms. The van der Waals surface area contributed by atoms with Crippen LogP contribution in [0.5, 0.6) is 0 Å². The lowest BCUT2D eigenvalue weighted by atomic mass is 9.94. The lowest BCUT2D eigenvalue weighted by Gasteiger charge is -2.17. The number of benzene rings is 1. The van der Waals surface area contributed by atoms with Gasteiger partial charge in [-0.15, -0.1) is 0 Å². The van der Waals surface area contributed by atoms with Crippen molar-refractivity contribution in [1.82, 2.24) is 14.9 Å². The molecule has 1 heterocycles. The van der Waals surface area contributed by atoms with Crippen molar-refractivity contribution in [2.24, 2.45) is 13.0 Å². The van der Waals surface area contributed by atoms with Crippen LogP contribution in [0.1, 0.15) is 24.7 Å². The molecule has 0 saturated carbocycles. The van der Waals surface area contributed by atoms with E-state index in [9.17, 15) is 0 Å². The molecule has 1 unspecified atom stereocenters. The summed E-state index contributed by atoms with van der Waals surface area (Å²) in [5, 5.41) is 4.27. The SMILES string of the molecule is CCNCC(CCc1nccn1C)Cc1ccc(Cl)cc1. The first-order chi connectivity index (χ1) is 10.2. The highest BCUT2D eigenvalue weighted by Crippen LogP contribution is 2.17. The predicted octanol–water partition coefficient (Wildman–Crippen LogP) is 3.47. The molecular weight excluding hydrogens is 282 g/mol. The maximum absolute atomic E-state index is 5.95. The van der Waals surface area contributed by atoms with Crippen molar-refractivity contribution < 1.29 is 0 Å². The van der Waals surface area contributed by atoms with Gasteiger partial charge in [0.2, 0.25) is 0 Å². The average Bonchev–Trinajstić information content (AvgIpc) is 2.89. The van der Waals surface area contributed by atoms with Crippen molar-refractivity contribution in [3.05, 3.63) is 53.1 Å². The molecule has 0 fully saturated rings. The van der Waals surface area contributed by atoms with Gasteiger partial charge >= 0.3 is 0 Å². The van der Waals surface area contributed by atoms with Crippen LogP contribution in [-0.2, 0) is 19.9 Å². The van der Waals surface area contributed by atoms with Crippen molar-refractivity contribution in [2.45, 2.75) is 26.2 Å². The molecule has 0 aliphatic heterocycles. The van der Waals surface area contributed by atoms with Gasteiger partial charge in [-0.3, -0.25) is 0 Å². The minimum Gasteiger partial charge on any atom is -0.338 e. The van der Waals surface area contributed by atoms with Gasteiger partial charge in [-0.05, 0) is 49.5 Å². The second-order valence-electron chi connectivity index (χ2n) is 5.50. The van der Waals surface area contributed by atoms with Crippen molar-refractivity contribution in [3.8, 4) is 0 Å².